The summed E-state index contributed by atoms with van der Waals surface area (Å²) in [6, 6.07) is 1.05. The van der Waals surface area contributed by atoms with Crippen molar-refractivity contribution < 1.29 is 9.90 Å². The number of carbonyl (C=O) groups is 1. The molecular formula is C11H11NO3. The van der Waals surface area contributed by atoms with E-state index in [0.717, 1.165) is 6.07 Å². The highest BCUT2D eigenvalue weighted by atomic mass is 16.4. The molecule has 0 saturated carbocycles. The molecule has 0 radical (unpaired) electrons. The van der Waals surface area contributed by atoms with E-state index in [9.17, 15) is 9.59 Å². The maximum Gasteiger partial charge on any atom is 0.336 e. The molecule has 2 N–H and O–H groups in total. The number of aromatic carboxylic acids is 1. The topological polar surface area (TPSA) is 70.2 Å². The van der Waals surface area contributed by atoms with E-state index in [1.807, 2.05) is 6.92 Å². The standard InChI is InChI=1S/C11H11NO3/c1-3-4-5-8-7(2)12-10(13)6-9(8)11(14)15/h3-6H,2H2,1H3,(H,12,13)(H,14,15)/b4-3-,8-5+. The number of aromatic nitrogens is 1. The molecule has 0 aliphatic heterocycles. The first-order chi connectivity index (χ1) is 7.06. The number of rotatable bonds is 2. The third-order valence-electron chi connectivity index (χ3n) is 1.85. The van der Waals surface area contributed by atoms with Crippen molar-refractivity contribution in [2.24, 2.45) is 0 Å². The van der Waals surface area contributed by atoms with Gasteiger partial charge in [-0.3, -0.25) is 4.79 Å². The number of aromatic amines is 1. The van der Waals surface area contributed by atoms with Crippen LogP contribution in [0, 0.1) is 0 Å². The smallest absolute Gasteiger partial charge is 0.336 e. The molecule has 1 aromatic heterocycles. The second kappa shape index (κ2) is 4.41. The van der Waals surface area contributed by atoms with Gasteiger partial charge in [-0.05, 0) is 6.92 Å². The molecule has 4 nitrogen and oxygen atoms in total. The Morgan fingerprint density at radius 3 is 2.80 bits per heavy atom. The number of carboxylic acids is 1. The first-order valence-corrected chi connectivity index (χ1v) is 4.35. The lowest BCUT2D eigenvalue weighted by molar-refractivity contribution is 0.0695. The predicted octanol–water partition coefficient (Wildman–Crippen LogP) is -0.160. The summed E-state index contributed by atoms with van der Waals surface area (Å²) in [6.07, 6.45) is 5.05. The SMILES string of the molecule is C=c1[nH]c(=O)cc(C(=O)O)/c1=C/C=C\C. The van der Waals surface area contributed by atoms with E-state index >= 15 is 0 Å². The zero-order chi connectivity index (χ0) is 11.4. The van der Waals surface area contributed by atoms with Crippen LogP contribution in [0.15, 0.2) is 23.0 Å². The molecule has 0 amide bonds. The van der Waals surface area contributed by atoms with Crippen LogP contribution in [0.2, 0.25) is 0 Å². The number of nitrogens with one attached hydrogen (secondary N) is 1. The summed E-state index contributed by atoms with van der Waals surface area (Å²) < 4.78 is 0. The number of carboxylic acid groups (broad SMARTS) is 1. The Bertz CT molecular complexity index is 566. The minimum atomic E-state index is -1.14. The summed E-state index contributed by atoms with van der Waals surface area (Å²) in [4.78, 5) is 24.4. The summed E-state index contributed by atoms with van der Waals surface area (Å²) >= 11 is 0. The monoisotopic (exact) mass is 205 g/mol. The first kappa shape index (κ1) is 11.0. The molecule has 0 aliphatic carbocycles. The van der Waals surface area contributed by atoms with Crippen molar-refractivity contribution in [1.29, 1.82) is 0 Å². The molecule has 0 unspecified atom stereocenters. The van der Waals surface area contributed by atoms with Crippen molar-refractivity contribution in [2.75, 3.05) is 0 Å². The molecule has 0 atom stereocenters. The maximum absolute atomic E-state index is 11.1. The lowest BCUT2D eigenvalue weighted by Gasteiger charge is -1.95. The molecular weight excluding hydrogens is 194 g/mol. The van der Waals surface area contributed by atoms with Crippen LogP contribution in [0.25, 0.3) is 12.7 Å². The largest absolute Gasteiger partial charge is 0.478 e. The van der Waals surface area contributed by atoms with Crippen LogP contribution in [0.1, 0.15) is 17.3 Å². The van der Waals surface area contributed by atoms with Gasteiger partial charge in [-0.15, -0.1) is 0 Å². The maximum atomic E-state index is 11.1. The van der Waals surface area contributed by atoms with Gasteiger partial charge in [-0.25, -0.2) is 4.79 Å². The molecule has 1 aromatic rings. The Morgan fingerprint density at radius 2 is 2.27 bits per heavy atom. The normalized spacial score (nSPS) is 12.2. The third kappa shape index (κ3) is 2.43. The Labute approximate surface area is 85.9 Å². The van der Waals surface area contributed by atoms with Gasteiger partial charge >= 0.3 is 5.97 Å². The number of allylic oxidation sites excluding steroid dienone is 2. The Hall–Kier alpha value is -2.10. The number of hydrogen-bond donors (Lipinski definition) is 2. The summed E-state index contributed by atoms with van der Waals surface area (Å²) in [5.41, 5.74) is -0.503. The third-order valence-corrected chi connectivity index (χ3v) is 1.85. The van der Waals surface area contributed by atoms with Crippen molar-refractivity contribution >= 4 is 18.6 Å². The number of pyridine rings is 1. The highest BCUT2D eigenvalue weighted by Gasteiger charge is 2.05. The van der Waals surface area contributed by atoms with Gasteiger partial charge in [0.1, 0.15) is 0 Å². The zero-order valence-corrected chi connectivity index (χ0v) is 8.28. The highest BCUT2D eigenvalue weighted by molar-refractivity contribution is 5.88. The van der Waals surface area contributed by atoms with Gasteiger partial charge in [-0.1, -0.05) is 24.8 Å². The van der Waals surface area contributed by atoms with Crippen LogP contribution in [0.3, 0.4) is 0 Å². The van der Waals surface area contributed by atoms with Crippen LogP contribution in [-0.4, -0.2) is 16.1 Å². The van der Waals surface area contributed by atoms with E-state index in [1.165, 1.54) is 0 Å². The fourth-order valence-corrected chi connectivity index (χ4v) is 1.18. The number of H-pyrrole nitrogens is 1. The predicted molar refractivity (Wildman–Crippen MR) is 58.1 cm³/mol. The summed E-state index contributed by atoms with van der Waals surface area (Å²) in [5.74, 6) is -1.14. The van der Waals surface area contributed by atoms with Gasteiger partial charge in [0.15, 0.2) is 0 Å². The van der Waals surface area contributed by atoms with E-state index in [1.54, 1.807) is 18.2 Å². The van der Waals surface area contributed by atoms with Crippen LogP contribution >= 0.6 is 0 Å². The molecule has 0 fully saturated rings. The molecule has 4 heteroatoms. The quantitative estimate of drug-likeness (QED) is 0.704. The highest BCUT2D eigenvalue weighted by Crippen LogP contribution is 1.83. The van der Waals surface area contributed by atoms with Gasteiger partial charge in [0.25, 0.3) is 0 Å². The minimum absolute atomic E-state index is 0.0400. The van der Waals surface area contributed by atoms with E-state index < -0.39 is 11.5 Å². The summed E-state index contributed by atoms with van der Waals surface area (Å²) in [7, 11) is 0. The average Bonchev–Trinajstić information content (AvgIpc) is 2.15. The first-order valence-electron chi connectivity index (χ1n) is 4.35. The van der Waals surface area contributed by atoms with Crippen LogP contribution < -0.4 is 16.1 Å². The van der Waals surface area contributed by atoms with E-state index in [4.69, 9.17) is 5.11 Å². The summed E-state index contributed by atoms with van der Waals surface area (Å²) in [5, 5.41) is 9.61. The molecule has 0 spiro atoms. The second-order valence-corrected chi connectivity index (χ2v) is 2.94. The van der Waals surface area contributed by atoms with Crippen molar-refractivity contribution in [2.45, 2.75) is 6.92 Å². The van der Waals surface area contributed by atoms with Crippen molar-refractivity contribution in [3.05, 3.63) is 44.7 Å². The van der Waals surface area contributed by atoms with E-state index in [2.05, 4.69) is 11.6 Å². The van der Waals surface area contributed by atoms with Gasteiger partial charge in [0.2, 0.25) is 5.56 Å². The Balaban J connectivity index is 3.70. The fraction of sp³-hybridized carbons (Fsp3) is 0.0909. The lowest BCUT2D eigenvalue weighted by Crippen LogP contribution is -2.37. The molecule has 1 rings (SSSR count). The second-order valence-electron chi connectivity index (χ2n) is 2.94. The zero-order valence-electron chi connectivity index (χ0n) is 8.28. The van der Waals surface area contributed by atoms with Gasteiger partial charge < -0.3 is 10.1 Å². The molecule has 15 heavy (non-hydrogen) atoms. The molecule has 0 aliphatic rings. The van der Waals surface area contributed by atoms with Crippen molar-refractivity contribution in [3.8, 4) is 0 Å². The van der Waals surface area contributed by atoms with Crippen molar-refractivity contribution in [3.63, 3.8) is 0 Å². The van der Waals surface area contributed by atoms with Gasteiger partial charge in [0.05, 0.1) is 5.56 Å². The van der Waals surface area contributed by atoms with Gasteiger partial charge in [0, 0.05) is 16.6 Å². The van der Waals surface area contributed by atoms with E-state index in [-0.39, 0.29) is 5.56 Å². The van der Waals surface area contributed by atoms with Crippen LogP contribution in [-0.2, 0) is 0 Å². The fourth-order valence-electron chi connectivity index (χ4n) is 1.18. The number of hydrogen-bond acceptors (Lipinski definition) is 2. The Morgan fingerprint density at radius 1 is 1.60 bits per heavy atom. The van der Waals surface area contributed by atoms with Crippen molar-refractivity contribution in [1.82, 2.24) is 4.98 Å². The molecule has 0 aromatic carbocycles. The summed E-state index contributed by atoms with van der Waals surface area (Å²) in [6.45, 7) is 5.40. The molecule has 0 saturated heterocycles. The molecule has 1 heterocycles. The van der Waals surface area contributed by atoms with Gasteiger partial charge in [-0.2, -0.15) is 0 Å². The lowest BCUT2D eigenvalue weighted by atomic mass is 10.2. The van der Waals surface area contributed by atoms with Crippen LogP contribution in [0.5, 0.6) is 0 Å². The minimum Gasteiger partial charge on any atom is -0.478 e. The molecule has 0 bridgehead atoms. The van der Waals surface area contributed by atoms with Crippen LogP contribution in [0.4, 0.5) is 0 Å². The molecule has 78 valence electrons. The average molecular weight is 205 g/mol. The Kier molecular flexibility index (Phi) is 3.23. The van der Waals surface area contributed by atoms with E-state index in [0.29, 0.717) is 10.6 Å².